The summed E-state index contributed by atoms with van der Waals surface area (Å²) in [6, 6.07) is 9.13. The number of aryl methyl sites for hydroxylation is 3. The highest BCUT2D eigenvalue weighted by Gasteiger charge is 2.21. The summed E-state index contributed by atoms with van der Waals surface area (Å²) in [6.45, 7) is 5.81. The summed E-state index contributed by atoms with van der Waals surface area (Å²) in [4.78, 5) is 28.0. The van der Waals surface area contributed by atoms with Crippen LogP contribution in [-0.2, 0) is 4.79 Å². The van der Waals surface area contributed by atoms with E-state index in [4.69, 9.17) is 11.6 Å². The smallest absolute Gasteiger partial charge is 0.296 e. The molecule has 0 saturated carbocycles. The lowest BCUT2D eigenvalue weighted by molar-refractivity contribution is -0.112. The van der Waals surface area contributed by atoms with E-state index >= 15 is 0 Å². The van der Waals surface area contributed by atoms with Gasteiger partial charge in [-0.25, -0.2) is 0 Å². The highest BCUT2D eigenvalue weighted by atomic mass is 35.5. The summed E-state index contributed by atoms with van der Waals surface area (Å²) in [6.07, 6.45) is 1.54. The molecule has 0 unspecified atom stereocenters. The molecule has 2 N–H and O–H groups in total. The molecule has 3 aromatic rings. The van der Waals surface area contributed by atoms with E-state index in [9.17, 15) is 9.59 Å². The molecule has 24 heavy (non-hydrogen) atoms. The first-order chi connectivity index (χ1) is 11.4. The molecule has 1 aromatic heterocycles. The summed E-state index contributed by atoms with van der Waals surface area (Å²) >= 11 is 5.99. The van der Waals surface area contributed by atoms with Crippen LogP contribution in [0.4, 0.5) is 5.69 Å². The Balaban J connectivity index is 1.93. The molecule has 0 radical (unpaired) electrons. The summed E-state index contributed by atoms with van der Waals surface area (Å²) in [5.74, 6) is -1.26. The molecule has 0 aliphatic rings. The van der Waals surface area contributed by atoms with Gasteiger partial charge in [0.2, 0.25) is 0 Å². The number of Topliss-reactive ketones (excluding diaryl/α,β-unsaturated/α-hetero) is 1. The number of carbonyl (C=O) groups is 2. The molecular weight excluding hydrogens is 324 g/mol. The van der Waals surface area contributed by atoms with Crippen LogP contribution in [0.2, 0.25) is 5.02 Å². The van der Waals surface area contributed by atoms with Gasteiger partial charge in [-0.3, -0.25) is 9.59 Å². The van der Waals surface area contributed by atoms with Crippen LogP contribution in [0.25, 0.3) is 10.9 Å². The molecule has 4 nitrogen and oxygen atoms in total. The van der Waals surface area contributed by atoms with E-state index < -0.39 is 11.7 Å². The number of H-pyrrole nitrogens is 1. The quantitative estimate of drug-likeness (QED) is 0.542. The van der Waals surface area contributed by atoms with Crippen molar-refractivity contribution in [3.8, 4) is 0 Å². The van der Waals surface area contributed by atoms with Gasteiger partial charge in [-0.05, 0) is 50.1 Å². The third-order valence-electron chi connectivity index (χ3n) is 4.01. The first-order valence-electron chi connectivity index (χ1n) is 7.57. The van der Waals surface area contributed by atoms with Crippen molar-refractivity contribution < 1.29 is 9.59 Å². The number of rotatable bonds is 3. The monoisotopic (exact) mass is 340 g/mol. The molecule has 1 amide bonds. The largest absolute Gasteiger partial charge is 0.360 e. The number of nitrogens with one attached hydrogen (secondary N) is 2. The van der Waals surface area contributed by atoms with Gasteiger partial charge in [0.15, 0.2) is 0 Å². The Morgan fingerprint density at radius 3 is 2.38 bits per heavy atom. The molecule has 0 spiro atoms. The lowest BCUT2D eigenvalue weighted by Crippen LogP contribution is -2.23. The minimum absolute atomic E-state index is 0.312. The Kier molecular flexibility index (Phi) is 4.16. The van der Waals surface area contributed by atoms with Gasteiger partial charge in [0.05, 0.1) is 5.56 Å². The number of benzene rings is 2. The van der Waals surface area contributed by atoms with Gasteiger partial charge in [-0.1, -0.05) is 29.3 Å². The number of halogens is 1. The second-order valence-electron chi connectivity index (χ2n) is 5.95. The zero-order chi connectivity index (χ0) is 17.4. The lowest BCUT2D eigenvalue weighted by atomic mass is 10.0. The second-order valence-corrected chi connectivity index (χ2v) is 6.39. The van der Waals surface area contributed by atoms with Crippen LogP contribution in [0.3, 0.4) is 0 Å². The van der Waals surface area contributed by atoms with Crippen molar-refractivity contribution in [1.29, 1.82) is 0 Å². The Labute approximate surface area is 144 Å². The average Bonchev–Trinajstić information content (AvgIpc) is 2.92. The molecule has 0 saturated heterocycles. The van der Waals surface area contributed by atoms with Gasteiger partial charge >= 0.3 is 0 Å². The van der Waals surface area contributed by atoms with E-state index in [2.05, 4.69) is 10.3 Å². The summed E-state index contributed by atoms with van der Waals surface area (Å²) in [5, 5.41) is 3.89. The van der Waals surface area contributed by atoms with E-state index in [0.29, 0.717) is 21.7 Å². The molecular formula is C19H17ClN2O2. The fourth-order valence-electron chi connectivity index (χ4n) is 2.95. The zero-order valence-electron chi connectivity index (χ0n) is 13.7. The highest BCUT2D eigenvalue weighted by Crippen LogP contribution is 2.25. The van der Waals surface area contributed by atoms with E-state index in [1.165, 1.54) is 6.20 Å². The molecule has 5 heteroatoms. The third kappa shape index (κ3) is 2.93. The average molecular weight is 341 g/mol. The SMILES string of the molecule is Cc1cc(C)c(NC(=O)C(=O)c2c[nH]c3ccc(Cl)cc23)c(C)c1. The first kappa shape index (κ1) is 16.3. The van der Waals surface area contributed by atoms with Crippen LogP contribution < -0.4 is 5.32 Å². The second kappa shape index (κ2) is 6.13. The fraction of sp³-hybridized carbons (Fsp3) is 0.158. The van der Waals surface area contributed by atoms with Crippen LogP contribution in [0.5, 0.6) is 0 Å². The van der Waals surface area contributed by atoms with Crippen molar-refractivity contribution >= 4 is 39.9 Å². The molecule has 0 aliphatic carbocycles. The van der Waals surface area contributed by atoms with Crippen LogP contribution in [0.15, 0.2) is 36.5 Å². The normalized spacial score (nSPS) is 10.8. The lowest BCUT2D eigenvalue weighted by Gasteiger charge is -2.12. The maximum absolute atomic E-state index is 12.5. The Morgan fingerprint density at radius 1 is 1.04 bits per heavy atom. The molecule has 0 bridgehead atoms. The zero-order valence-corrected chi connectivity index (χ0v) is 14.4. The molecule has 0 atom stereocenters. The van der Waals surface area contributed by atoms with Crippen LogP contribution >= 0.6 is 11.6 Å². The van der Waals surface area contributed by atoms with Gasteiger partial charge in [0.25, 0.3) is 11.7 Å². The molecule has 3 rings (SSSR count). The predicted octanol–water partition coefficient (Wildman–Crippen LogP) is 4.57. The van der Waals surface area contributed by atoms with Crippen molar-refractivity contribution in [3.05, 3.63) is 63.8 Å². The van der Waals surface area contributed by atoms with Crippen molar-refractivity contribution in [1.82, 2.24) is 4.98 Å². The Bertz CT molecular complexity index is 950. The van der Waals surface area contributed by atoms with Gasteiger partial charge in [0, 0.05) is 27.8 Å². The third-order valence-corrected chi connectivity index (χ3v) is 4.25. The first-order valence-corrected chi connectivity index (χ1v) is 7.95. The number of aromatic nitrogens is 1. The number of aromatic amines is 1. The molecule has 1 heterocycles. The number of fused-ring (bicyclic) bond motifs is 1. The van der Waals surface area contributed by atoms with Gasteiger partial charge in [-0.15, -0.1) is 0 Å². The summed E-state index contributed by atoms with van der Waals surface area (Å²) in [7, 11) is 0. The van der Waals surface area contributed by atoms with Crippen molar-refractivity contribution in [2.24, 2.45) is 0 Å². The van der Waals surface area contributed by atoms with Crippen LogP contribution in [0.1, 0.15) is 27.0 Å². The van der Waals surface area contributed by atoms with E-state index in [1.54, 1.807) is 18.2 Å². The molecule has 2 aromatic carbocycles. The highest BCUT2D eigenvalue weighted by molar-refractivity contribution is 6.48. The number of amides is 1. The van der Waals surface area contributed by atoms with Gasteiger partial charge < -0.3 is 10.3 Å². The predicted molar refractivity (Wildman–Crippen MR) is 96.9 cm³/mol. The van der Waals surface area contributed by atoms with Crippen molar-refractivity contribution in [2.45, 2.75) is 20.8 Å². The Morgan fingerprint density at radius 2 is 1.71 bits per heavy atom. The number of hydrogen-bond acceptors (Lipinski definition) is 2. The minimum atomic E-state index is -0.661. The van der Waals surface area contributed by atoms with Crippen molar-refractivity contribution in [3.63, 3.8) is 0 Å². The van der Waals surface area contributed by atoms with Crippen LogP contribution in [-0.4, -0.2) is 16.7 Å². The maximum Gasteiger partial charge on any atom is 0.296 e. The topological polar surface area (TPSA) is 62.0 Å². The summed E-state index contributed by atoms with van der Waals surface area (Å²) < 4.78 is 0. The maximum atomic E-state index is 12.5. The van der Waals surface area contributed by atoms with Crippen molar-refractivity contribution in [2.75, 3.05) is 5.32 Å². The molecule has 0 fully saturated rings. The van der Waals surface area contributed by atoms with Gasteiger partial charge in [0.1, 0.15) is 0 Å². The van der Waals surface area contributed by atoms with Crippen LogP contribution in [0, 0.1) is 20.8 Å². The van der Waals surface area contributed by atoms with E-state index in [1.807, 2.05) is 32.9 Å². The summed E-state index contributed by atoms with van der Waals surface area (Å²) in [5.41, 5.74) is 4.72. The molecule has 122 valence electrons. The standard InChI is InChI=1S/C19H17ClN2O2/c1-10-6-11(2)17(12(3)7-10)22-19(24)18(23)15-9-21-16-5-4-13(20)8-14(15)16/h4-9,21H,1-3H3,(H,22,24). The van der Waals surface area contributed by atoms with E-state index in [0.717, 1.165) is 22.2 Å². The number of hydrogen-bond donors (Lipinski definition) is 2. The number of anilines is 1. The number of ketones is 1. The minimum Gasteiger partial charge on any atom is -0.360 e. The van der Waals surface area contributed by atoms with E-state index in [-0.39, 0.29) is 0 Å². The van der Waals surface area contributed by atoms with Gasteiger partial charge in [-0.2, -0.15) is 0 Å². The number of carbonyl (C=O) groups excluding carboxylic acids is 2. The fourth-order valence-corrected chi connectivity index (χ4v) is 3.12. The Hall–Kier alpha value is -2.59. The molecule has 0 aliphatic heterocycles.